The van der Waals surface area contributed by atoms with E-state index >= 15 is 0 Å². The van der Waals surface area contributed by atoms with Gasteiger partial charge in [0.25, 0.3) is 0 Å². The number of alkyl halides is 3. The minimum absolute atomic E-state index is 0.291. The van der Waals surface area contributed by atoms with E-state index in [-0.39, 0.29) is 5.02 Å². The molecule has 1 aromatic heterocycles. The zero-order chi connectivity index (χ0) is 15.5. The zero-order valence-corrected chi connectivity index (χ0v) is 12.0. The molecule has 0 bridgehead atoms. The molecule has 1 aromatic carbocycles. The molecule has 1 heterocycles. The minimum atomic E-state index is -4.48. The van der Waals surface area contributed by atoms with Gasteiger partial charge < -0.3 is 5.32 Å². The average Bonchev–Trinajstić information content (AvgIpc) is 2.84. The smallest absolute Gasteiger partial charge is 0.378 e. The highest BCUT2D eigenvalue weighted by atomic mass is 35.5. The first-order valence-electron chi connectivity index (χ1n) is 6.39. The van der Waals surface area contributed by atoms with E-state index in [0.717, 1.165) is 12.5 Å². The molecule has 8 heteroatoms. The van der Waals surface area contributed by atoms with Gasteiger partial charge in [0.2, 0.25) is 0 Å². The maximum absolute atomic E-state index is 12.8. The van der Waals surface area contributed by atoms with E-state index < -0.39 is 11.7 Å². The van der Waals surface area contributed by atoms with Gasteiger partial charge in [-0.15, -0.1) is 0 Å². The summed E-state index contributed by atoms with van der Waals surface area (Å²) < 4.78 is 40.0. The summed E-state index contributed by atoms with van der Waals surface area (Å²) in [6.07, 6.45) is -2.15. The van der Waals surface area contributed by atoms with Crippen LogP contribution in [-0.2, 0) is 19.3 Å². The van der Waals surface area contributed by atoms with E-state index in [1.54, 1.807) is 4.68 Å². The van der Waals surface area contributed by atoms with Crippen LogP contribution in [0, 0.1) is 0 Å². The molecule has 2 rings (SSSR count). The van der Waals surface area contributed by atoms with Crippen LogP contribution in [0.3, 0.4) is 0 Å². The predicted octanol–water partition coefficient (Wildman–Crippen LogP) is 3.97. The van der Waals surface area contributed by atoms with Gasteiger partial charge in [-0.3, -0.25) is 0 Å². The van der Waals surface area contributed by atoms with Crippen LogP contribution in [0.4, 0.5) is 18.9 Å². The van der Waals surface area contributed by atoms with Gasteiger partial charge in [-0.05, 0) is 24.6 Å². The van der Waals surface area contributed by atoms with E-state index in [1.165, 1.54) is 18.5 Å². The molecule has 1 N–H and O–H groups in total. The standard InChI is InChI=1S/C13H14ClF3N4/c1-2-5-21-12(19-8-20-21)7-18-9-3-4-11(14)10(6-9)13(15,16)17/h3-4,6,8,18H,2,5,7H2,1H3. The molecule has 0 fully saturated rings. The first kappa shape index (κ1) is 15.6. The Morgan fingerprint density at radius 1 is 1.33 bits per heavy atom. The average molecular weight is 319 g/mol. The second kappa shape index (κ2) is 6.34. The molecule has 4 nitrogen and oxygen atoms in total. The normalized spacial score (nSPS) is 11.7. The first-order valence-corrected chi connectivity index (χ1v) is 6.77. The van der Waals surface area contributed by atoms with Gasteiger partial charge in [-0.2, -0.15) is 18.3 Å². The number of nitrogens with zero attached hydrogens (tertiary/aromatic N) is 3. The van der Waals surface area contributed by atoms with Gasteiger partial charge in [-0.25, -0.2) is 9.67 Å². The molecule has 114 valence electrons. The second-order valence-corrected chi connectivity index (χ2v) is 4.85. The number of halogens is 4. The number of nitrogens with one attached hydrogen (secondary N) is 1. The molecule has 0 amide bonds. The third kappa shape index (κ3) is 3.87. The van der Waals surface area contributed by atoms with Crippen molar-refractivity contribution < 1.29 is 13.2 Å². The molecule has 0 unspecified atom stereocenters. The Kier molecular flexibility index (Phi) is 4.72. The number of rotatable bonds is 5. The van der Waals surface area contributed by atoms with Crippen molar-refractivity contribution in [2.45, 2.75) is 32.6 Å². The Hall–Kier alpha value is -1.76. The molecule has 2 aromatic rings. The highest BCUT2D eigenvalue weighted by Gasteiger charge is 2.33. The Balaban J connectivity index is 2.12. The molecule has 0 spiro atoms. The summed E-state index contributed by atoms with van der Waals surface area (Å²) in [6.45, 7) is 3.01. The monoisotopic (exact) mass is 318 g/mol. The quantitative estimate of drug-likeness (QED) is 0.907. The summed E-state index contributed by atoms with van der Waals surface area (Å²) in [7, 11) is 0. The number of anilines is 1. The lowest BCUT2D eigenvalue weighted by Gasteiger charge is -2.12. The molecule has 0 saturated carbocycles. The van der Waals surface area contributed by atoms with Crippen molar-refractivity contribution in [3.63, 3.8) is 0 Å². The molecular weight excluding hydrogens is 305 g/mol. The van der Waals surface area contributed by atoms with Gasteiger partial charge in [0, 0.05) is 12.2 Å². The van der Waals surface area contributed by atoms with E-state index in [1.807, 2.05) is 6.92 Å². The first-order chi connectivity index (χ1) is 9.91. The Morgan fingerprint density at radius 3 is 2.76 bits per heavy atom. The Labute approximate surface area is 124 Å². The largest absolute Gasteiger partial charge is 0.417 e. The summed E-state index contributed by atoms with van der Waals surface area (Å²) in [6, 6.07) is 3.71. The zero-order valence-electron chi connectivity index (χ0n) is 11.3. The van der Waals surface area contributed by atoms with Gasteiger partial charge in [-0.1, -0.05) is 18.5 Å². The summed E-state index contributed by atoms with van der Waals surface area (Å²) in [5, 5.41) is 6.64. The van der Waals surface area contributed by atoms with Crippen molar-refractivity contribution in [2.75, 3.05) is 5.32 Å². The molecule has 0 aliphatic rings. The summed E-state index contributed by atoms with van der Waals surface area (Å²) in [5.41, 5.74) is -0.526. The maximum Gasteiger partial charge on any atom is 0.417 e. The lowest BCUT2D eigenvalue weighted by Crippen LogP contribution is -2.11. The van der Waals surface area contributed by atoms with Crippen molar-refractivity contribution >= 4 is 17.3 Å². The molecular formula is C13H14ClF3N4. The van der Waals surface area contributed by atoms with Crippen LogP contribution < -0.4 is 5.32 Å². The van der Waals surface area contributed by atoms with Crippen LogP contribution in [0.1, 0.15) is 24.7 Å². The molecule has 21 heavy (non-hydrogen) atoms. The number of hydrogen-bond donors (Lipinski definition) is 1. The van der Waals surface area contributed by atoms with Gasteiger partial charge >= 0.3 is 6.18 Å². The summed E-state index contributed by atoms with van der Waals surface area (Å²) in [5.74, 6) is 0.667. The Morgan fingerprint density at radius 2 is 2.10 bits per heavy atom. The van der Waals surface area contributed by atoms with E-state index in [2.05, 4.69) is 15.4 Å². The van der Waals surface area contributed by atoms with Crippen molar-refractivity contribution in [3.8, 4) is 0 Å². The lowest BCUT2D eigenvalue weighted by atomic mass is 10.2. The van der Waals surface area contributed by atoms with Crippen LogP contribution in [0.25, 0.3) is 0 Å². The number of aryl methyl sites for hydroxylation is 1. The van der Waals surface area contributed by atoms with E-state index in [9.17, 15) is 13.2 Å². The van der Waals surface area contributed by atoms with Crippen LogP contribution in [-0.4, -0.2) is 14.8 Å². The van der Waals surface area contributed by atoms with Gasteiger partial charge in [0.05, 0.1) is 17.1 Å². The van der Waals surface area contributed by atoms with Gasteiger partial charge in [0.15, 0.2) is 0 Å². The van der Waals surface area contributed by atoms with Crippen LogP contribution >= 0.6 is 11.6 Å². The molecule has 0 atom stereocenters. The summed E-state index contributed by atoms with van der Waals surface area (Å²) >= 11 is 5.57. The Bertz CT molecular complexity index is 610. The third-order valence-corrected chi connectivity index (χ3v) is 3.18. The van der Waals surface area contributed by atoms with Crippen LogP contribution in [0.5, 0.6) is 0 Å². The van der Waals surface area contributed by atoms with Gasteiger partial charge in [0.1, 0.15) is 12.2 Å². The number of aromatic nitrogens is 3. The maximum atomic E-state index is 12.8. The van der Waals surface area contributed by atoms with Crippen molar-refractivity contribution in [2.24, 2.45) is 0 Å². The fourth-order valence-electron chi connectivity index (χ4n) is 1.86. The highest BCUT2D eigenvalue weighted by Crippen LogP contribution is 2.36. The predicted molar refractivity (Wildman–Crippen MR) is 74.1 cm³/mol. The highest BCUT2D eigenvalue weighted by molar-refractivity contribution is 6.31. The SMILES string of the molecule is CCCn1ncnc1CNc1ccc(Cl)c(C(F)(F)F)c1. The fourth-order valence-corrected chi connectivity index (χ4v) is 2.08. The molecule has 0 saturated heterocycles. The second-order valence-electron chi connectivity index (χ2n) is 4.45. The van der Waals surface area contributed by atoms with Crippen molar-refractivity contribution in [3.05, 3.63) is 40.9 Å². The number of benzene rings is 1. The van der Waals surface area contributed by atoms with E-state index in [0.29, 0.717) is 24.6 Å². The third-order valence-electron chi connectivity index (χ3n) is 2.85. The van der Waals surface area contributed by atoms with Crippen molar-refractivity contribution in [1.82, 2.24) is 14.8 Å². The van der Waals surface area contributed by atoms with Crippen LogP contribution in [0.2, 0.25) is 5.02 Å². The minimum Gasteiger partial charge on any atom is -0.378 e. The van der Waals surface area contributed by atoms with Crippen LogP contribution in [0.15, 0.2) is 24.5 Å². The topological polar surface area (TPSA) is 42.7 Å². The summed E-state index contributed by atoms with van der Waals surface area (Å²) in [4.78, 5) is 4.08. The molecule has 0 aliphatic carbocycles. The number of hydrogen-bond acceptors (Lipinski definition) is 3. The molecule has 0 aliphatic heterocycles. The fraction of sp³-hybridized carbons (Fsp3) is 0.385. The lowest BCUT2D eigenvalue weighted by molar-refractivity contribution is -0.137. The van der Waals surface area contributed by atoms with E-state index in [4.69, 9.17) is 11.6 Å². The van der Waals surface area contributed by atoms with Crippen molar-refractivity contribution in [1.29, 1.82) is 0 Å². The molecule has 0 radical (unpaired) electrons.